The van der Waals surface area contributed by atoms with Gasteiger partial charge in [-0.2, -0.15) is 0 Å². The number of amides is 1. The molecule has 1 N–H and O–H groups in total. The molecular weight excluding hydrogens is 222 g/mol. The number of hydrogen-bond acceptors (Lipinski definition) is 1. The number of rotatable bonds is 2. The molecule has 18 heavy (non-hydrogen) atoms. The van der Waals surface area contributed by atoms with Crippen LogP contribution in [0.25, 0.3) is 0 Å². The van der Waals surface area contributed by atoms with Crippen LogP contribution in [-0.4, -0.2) is 11.9 Å². The summed E-state index contributed by atoms with van der Waals surface area (Å²) in [6.45, 7) is 6.81. The Bertz CT molecular complexity index is 389. The van der Waals surface area contributed by atoms with Gasteiger partial charge < -0.3 is 5.32 Å². The zero-order chi connectivity index (χ0) is 13.1. The molecule has 1 aliphatic carbocycles. The molecule has 0 aromatic heterocycles. The van der Waals surface area contributed by atoms with Crippen molar-refractivity contribution in [1.29, 1.82) is 0 Å². The summed E-state index contributed by atoms with van der Waals surface area (Å²) < 4.78 is 0. The Kier molecular flexibility index (Phi) is 4.05. The fourth-order valence-electron chi connectivity index (χ4n) is 3.33. The minimum Gasteiger partial charge on any atom is -0.349 e. The predicted octanol–water partition coefficient (Wildman–Crippen LogP) is 3.49. The molecule has 1 amide bonds. The van der Waals surface area contributed by atoms with Gasteiger partial charge >= 0.3 is 0 Å². The number of carbonyl (C=O) groups excluding carboxylic acids is 1. The lowest BCUT2D eigenvalue weighted by molar-refractivity contribution is 0.0853. The standard InChI is InChI=1S/C16H23NO/c1-11-9-12(2)15(13(3)10-11)17-16(18)14-7-5-4-6-8-14/h4-8,11-13,15H,9-10H2,1-3H3,(H,17,18). The van der Waals surface area contributed by atoms with Crippen LogP contribution in [0.1, 0.15) is 44.0 Å². The lowest BCUT2D eigenvalue weighted by Gasteiger charge is -2.38. The maximum absolute atomic E-state index is 12.2. The van der Waals surface area contributed by atoms with Crippen molar-refractivity contribution in [2.45, 2.75) is 39.7 Å². The third-order valence-electron chi connectivity index (χ3n) is 4.11. The summed E-state index contributed by atoms with van der Waals surface area (Å²) >= 11 is 0. The highest BCUT2D eigenvalue weighted by Crippen LogP contribution is 2.33. The van der Waals surface area contributed by atoms with E-state index in [0.29, 0.717) is 17.9 Å². The minimum absolute atomic E-state index is 0.0638. The van der Waals surface area contributed by atoms with Crippen LogP contribution in [0.2, 0.25) is 0 Å². The summed E-state index contributed by atoms with van der Waals surface area (Å²) in [6, 6.07) is 9.81. The van der Waals surface area contributed by atoms with Gasteiger partial charge in [-0.1, -0.05) is 39.0 Å². The molecule has 1 fully saturated rings. The molecular formula is C16H23NO. The van der Waals surface area contributed by atoms with Crippen LogP contribution in [0.5, 0.6) is 0 Å². The second-order valence-electron chi connectivity index (χ2n) is 5.90. The molecule has 2 atom stereocenters. The Morgan fingerprint density at radius 2 is 1.61 bits per heavy atom. The zero-order valence-corrected chi connectivity index (χ0v) is 11.5. The van der Waals surface area contributed by atoms with Crippen molar-refractivity contribution in [3.8, 4) is 0 Å². The van der Waals surface area contributed by atoms with Crippen molar-refractivity contribution in [2.24, 2.45) is 17.8 Å². The van der Waals surface area contributed by atoms with Gasteiger partial charge in [-0.15, -0.1) is 0 Å². The largest absolute Gasteiger partial charge is 0.349 e. The summed E-state index contributed by atoms with van der Waals surface area (Å²) in [6.07, 6.45) is 2.42. The average Bonchev–Trinajstić information content (AvgIpc) is 2.34. The summed E-state index contributed by atoms with van der Waals surface area (Å²) in [7, 11) is 0. The van der Waals surface area contributed by atoms with E-state index in [1.54, 1.807) is 0 Å². The Morgan fingerprint density at radius 3 is 2.17 bits per heavy atom. The summed E-state index contributed by atoms with van der Waals surface area (Å²) in [5.74, 6) is 1.97. The molecule has 2 rings (SSSR count). The molecule has 0 spiro atoms. The van der Waals surface area contributed by atoms with Crippen molar-refractivity contribution < 1.29 is 4.79 Å². The fraction of sp³-hybridized carbons (Fsp3) is 0.562. The molecule has 1 aromatic rings. The average molecular weight is 245 g/mol. The Balaban J connectivity index is 2.03. The smallest absolute Gasteiger partial charge is 0.251 e. The molecule has 2 unspecified atom stereocenters. The van der Waals surface area contributed by atoms with Gasteiger partial charge in [0.2, 0.25) is 0 Å². The molecule has 2 nitrogen and oxygen atoms in total. The van der Waals surface area contributed by atoms with Gasteiger partial charge in [0, 0.05) is 11.6 Å². The first kappa shape index (κ1) is 13.1. The minimum atomic E-state index is 0.0638. The van der Waals surface area contributed by atoms with E-state index in [2.05, 4.69) is 26.1 Å². The summed E-state index contributed by atoms with van der Waals surface area (Å²) in [5.41, 5.74) is 0.760. The second kappa shape index (κ2) is 5.55. The number of hydrogen-bond donors (Lipinski definition) is 1. The van der Waals surface area contributed by atoms with Crippen LogP contribution < -0.4 is 5.32 Å². The van der Waals surface area contributed by atoms with Crippen LogP contribution in [-0.2, 0) is 0 Å². The Labute approximate surface area is 110 Å². The van der Waals surface area contributed by atoms with Gasteiger partial charge in [0.25, 0.3) is 5.91 Å². The van der Waals surface area contributed by atoms with Crippen molar-refractivity contribution in [3.05, 3.63) is 35.9 Å². The molecule has 1 saturated carbocycles. The number of nitrogens with one attached hydrogen (secondary N) is 1. The summed E-state index contributed by atoms with van der Waals surface area (Å²) in [5, 5.41) is 3.22. The fourth-order valence-corrected chi connectivity index (χ4v) is 3.33. The molecule has 1 aliphatic rings. The first-order valence-electron chi connectivity index (χ1n) is 6.94. The van der Waals surface area contributed by atoms with Crippen LogP contribution >= 0.6 is 0 Å². The van der Waals surface area contributed by atoms with E-state index in [0.717, 1.165) is 11.5 Å². The van der Waals surface area contributed by atoms with E-state index >= 15 is 0 Å². The highest BCUT2D eigenvalue weighted by atomic mass is 16.1. The van der Waals surface area contributed by atoms with E-state index in [1.807, 2.05) is 30.3 Å². The molecule has 98 valence electrons. The normalized spacial score (nSPS) is 31.9. The van der Waals surface area contributed by atoms with E-state index in [-0.39, 0.29) is 5.91 Å². The highest BCUT2D eigenvalue weighted by molar-refractivity contribution is 5.94. The van der Waals surface area contributed by atoms with Crippen LogP contribution in [0, 0.1) is 17.8 Å². The topological polar surface area (TPSA) is 29.1 Å². The van der Waals surface area contributed by atoms with E-state index in [1.165, 1.54) is 12.8 Å². The van der Waals surface area contributed by atoms with Crippen LogP contribution in [0.3, 0.4) is 0 Å². The molecule has 0 bridgehead atoms. The van der Waals surface area contributed by atoms with Crippen molar-refractivity contribution in [3.63, 3.8) is 0 Å². The quantitative estimate of drug-likeness (QED) is 0.849. The molecule has 0 radical (unpaired) electrons. The van der Waals surface area contributed by atoms with Crippen molar-refractivity contribution in [1.82, 2.24) is 5.32 Å². The third kappa shape index (κ3) is 2.92. The predicted molar refractivity (Wildman–Crippen MR) is 74.4 cm³/mol. The SMILES string of the molecule is CC1CC(C)C(NC(=O)c2ccccc2)C(C)C1. The Hall–Kier alpha value is -1.31. The monoisotopic (exact) mass is 245 g/mol. The molecule has 0 heterocycles. The lowest BCUT2D eigenvalue weighted by atomic mass is 9.73. The van der Waals surface area contributed by atoms with Gasteiger partial charge in [-0.25, -0.2) is 0 Å². The molecule has 0 saturated heterocycles. The lowest BCUT2D eigenvalue weighted by Crippen LogP contribution is -2.47. The maximum atomic E-state index is 12.2. The Morgan fingerprint density at radius 1 is 1.06 bits per heavy atom. The number of carbonyl (C=O) groups is 1. The second-order valence-corrected chi connectivity index (χ2v) is 5.90. The van der Waals surface area contributed by atoms with Crippen molar-refractivity contribution in [2.75, 3.05) is 0 Å². The molecule has 2 heteroatoms. The first-order chi connectivity index (χ1) is 8.58. The number of benzene rings is 1. The maximum Gasteiger partial charge on any atom is 0.251 e. The molecule has 1 aromatic carbocycles. The van der Waals surface area contributed by atoms with Crippen LogP contribution in [0.4, 0.5) is 0 Å². The van der Waals surface area contributed by atoms with E-state index in [4.69, 9.17) is 0 Å². The van der Waals surface area contributed by atoms with Gasteiger partial charge in [0.05, 0.1) is 0 Å². The zero-order valence-electron chi connectivity index (χ0n) is 11.5. The van der Waals surface area contributed by atoms with Gasteiger partial charge in [-0.05, 0) is 42.7 Å². The van der Waals surface area contributed by atoms with E-state index in [9.17, 15) is 4.79 Å². The molecule has 0 aliphatic heterocycles. The van der Waals surface area contributed by atoms with Gasteiger partial charge in [0.15, 0.2) is 0 Å². The highest BCUT2D eigenvalue weighted by Gasteiger charge is 2.32. The van der Waals surface area contributed by atoms with Gasteiger partial charge in [-0.3, -0.25) is 4.79 Å². The van der Waals surface area contributed by atoms with Crippen LogP contribution in [0.15, 0.2) is 30.3 Å². The van der Waals surface area contributed by atoms with E-state index < -0.39 is 0 Å². The third-order valence-corrected chi connectivity index (χ3v) is 4.11. The van der Waals surface area contributed by atoms with Crippen molar-refractivity contribution >= 4 is 5.91 Å². The van der Waals surface area contributed by atoms with Gasteiger partial charge in [0.1, 0.15) is 0 Å². The first-order valence-corrected chi connectivity index (χ1v) is 6.94. The summed E-state index contributed by atoms with van der Waals surface area (Å²) in [4.78, 5) is 12.2.